The van der Waals surface area contributed by atoms with E-state index in [4.69, 9.17) is 0 Å². The van der Waals surface area contributed by atoms with Crippen molar-refractivity contribution in [1.29, 1.82) is 0 Å². The summed E-state index contributed by atoms with van der Waals surface area (Å²) in [6.07, 6.45) is 6.79. The van der Waals surface area contributed by atoms with Gasteiger partial charge in [0.15, 0.2) is 0 Å². The summed E-state index contributed by atoms with van der Waals surface area (Å²) in [5.74, 6) is 0.613. The summed E-state index contributed by atoms with van der Waals surface area (Å²) in [6.45, 7) is 6.65. The molecule has 0 aromatic heterocycles. The highest BCUT2D eigenvalue weighted by Crippen LogP contribution is 2.45. The number of hydrogen-bond donors (Lipinski definition) is 0. The molecule has 0 heterocycles. The standard InChI is InChI=1S/C16H20/c1-4-9-14-12(5-2)15-10-7-8-11-16(15)13(14)6-3/h4,7-12H,5-6H2,1-3H3/b9-4-. The van der Waals surface area contributed by atoms with E-state index in [2.05, 4.69) is 57.2 Å². The SMILES string of the molecule is C/C=C\C1=C(CC)c2ccccc2C1CC. The molecule has 1 atom stereocenters. The van der Waals surface area contributed by atoms with Crippen LogP contribution in [0.4, 0.5) is 0 Å². The Labute approximate surface area is 98.7 Å². The molecule has 0 saturated heterocycles. The van der Waals surface area contributed by atoms with Crippen LogP contribution < -0.4 is 0 Å². The van der Waals surface area contributed by atoms with Gasteiger partial charge in [0, 0.05) is 5.92 Å². The maximum absolute atomic E-state index is 2.30. The molecule has 1 aromatic rings. The third-order valence-corrected chi connectivity index (χ3v) is 3.49. The van der Waals surface area contributed by atoms with Crippen LogP contribution in [0.25, 0.3) is 5.57 Å². The second kappa shape index (κ2) is 4.69. The van der Waals surface area contributed by atoms with Crippen molar-refractivity contribution in [2.75, 3.05) is 0 Å². The van der Waals surface area contributed by atoms with Crippen molar-refractivity contribution in [2.24, 2.45) is 0 Å². The quantitative estimate of drug-likeness (QED) is 0.666. The Kier molecular flexibility index (Phi) is 3.28. The minimum absolute atomic E-state index is 0.613. The van der Waals surface area contributed by atoms with Crippen LogP contribution in [0, 0.1) is 0 Å². The molecule has 0 nitrogen and oxygen atoms in total. The summed E-state index contributed by atoms with van der Waals surface area (Å²) < 4.78 is 0. The Balaban J connectivity index is 2.58. The van der Waals surface area contributed by atoms with Crippen molar-refractivity contribution in [3.05, 3.63) is 53.1 Å². The maximum Gasteiger partial charge on any atom is 0.00955 e. The van der Waals surface area contributed by atoms with Crippen LogP contribution in [-0.2, 0) is 0 Å². The zero-order valence-corrected chi connectivity index (χ0v) is 10.5. The van der Waals surface area contributed by atoms with E-state index >= 15 is 0 Å². The molecule has 0 bridgehead atoms. The molecular formula is C16H20. The maximum atomic E-state index is 2.30. The largest absolute Gasteiger partial charge is 0.0874 e. The summed E-state index contributed by atoms with van der Waals surface area (Å²) >= 11 is 0. The zero-order valence-electron chi connectivity index (χ0n) is 10.5. The van der Waals surface area contributed by atoms with Crippen molar-refractivity contribution in [3.8, 4) is 0 Å². The van der Waals surface area contributed by atoms with Gasteiger partial charge in [0.2, 0.25) is 0 Å². The average Bonchev–Trinajstić information content (AvgIpc) is 2.62. The van der Waals surface area contributed by atoms with Gasteiger partial charge in [0.05, 0.1) is 0 Å². The van der Waals surface area contributed by atoms with Crippen molar-refractivity contribution in [3.63, 3.8) is 0 Å². The van der Waals surface area contributed by atoms with Gasteiger partial charge in [0.25, 0.3) is 0 Å². The lowest BCUT2D eigenvalue weighted by Gasteiger charge is -2.11. The third-order valence-electron chi connectivity index (χ3n) is 3.49. The van der Waals surface area contributed by atoms with Crippen molar-refractivity contribution in [2.45, 2.75) is 39.5 Å². The highest BCUT2D eigenvalue weighted by atomic mass is 14.3. The molecule has 2 rings (SSSR count). The van der Waals surface area contributed by atoms with Crippen LogP contribution in [0.15, 0.2) is 42.0 Å². The van der Waals surface area contributed by atoms with Crippen molar-refractivity contribution < 1.29 is 0 Å². The fourth-order valence-electron chi connectivity index (χ4n) is 2.84. The monoisotopic (exact) mass is 212 g/mol. The van der Waals surface area contributed by atoms with Gasteiger partial charge in [-0.25, -0.2) is 0 Å². The number of fused-ring (bicyclic) bond motifs is 1. The average molecular weight is 212 g/mol. The molecular weight excluding hydrogens is 192 g/mol. The molecule has 0 saturated carbocycles. The smallest absolute Gasteiger partial charge is 0.00955 e. The van der Waals surface area contributed by atoms with Gasteiger partial charge >= 0.3 is 0 Å². The summed E-state index contributed by atoms with van der Waals surface area (Å²) in [4.78, 5) is 0. The Morgan fingerprint density at radius 3 is 2.56 bits per heavy atom. The van der Waals surface area contributed by atoms with Crippen molar-refractivity contribution >= 4 is 5.57 Å². The molecule has 1 unspecified atom stereocenters. The molecule has 1 aliphatic rings. The predicted molar refractivity (Wildman–Crippen MR) is 71.5 cm³/mol. The number of allylic oxidation sites excluding steroid dienone is 4. The van der Waals surface area contributed by atoms with E-state index in [1.165, 1.54) is 23.1 Å². The summed E-state index contributed by atoms with van der Waals surface area (Å²) in [5.41, 5.74) is 6.08. The van der Waals surface area contributed by atoms with E-state index in [1.807, 2.05) is 0 Å². The van der Waals surface area contributed by atoms with Gasteiger partial charge in [-0.1, -0.05) is 50.3 Å². The van der Waals surface area contributed by atoms with E-state index in [0.717, 1.165) is 6.42 Å². The first-order valence-electron chi connectivity index (χ1n) is 6.28. The van der Waals surface area contributed by atoms with E-state index in [1.54, 1.807) is 5.57 Å². The second-order valence-corrected chi connectivity index (χ2v) is 4.34. The molecule has 0 N–H and O–H groups in total. The van der Waals surface area contributed by atoms with Gasteiger partial charge in [-0.2, -0.15) is 0 Å². The fraction of sp³-hybridized carbons (Fsp3) is 0.375. The van der Waals surface area contributed by atoms with Crippen LogP contribution in [0.1, 0.15) is 50.7 Å². The molecule has 0 fully saturated rings. The van der Waals surface area contributed by atoms with Crippen LogP contribution in [0.5, 0.6) is 0 Å². The Bertz CT molecular complexity index is 435. The van der Waals surface area contributed by atoms with E-state index in [-0.39, 0.29) is 0 Å². The van der Waals surface area contributed by atoms with Crippen LogP contribution in [-0.4, -0.2) is 0 Å². The lowest BCUT2D eigenvalue weighted by molar-refractivity contribution is 0.790. The van der Waals surface area contributed by atoms with E-state index in [9.17, 15) is 0 Å². The first kappa shape index (κ1) is 11.2. The highest BCUT2D eigenvalue weighted by Gasteiger charge is 2.26. The van der Waals surface area contributed by atoms with Gasteiger partial charge < -0.3 is 0 Å². The number of benzene rings is 1. The predicted octanol–water partition coefficient (Wildman–Crippen LogP) is 4.93. The van der Waals surface area contributed by atoms with Crippen LogP contribution in [0.2, 0.25) is 0 Å². The number of rotatable bonds is 3. The Morgan fingerprint density at radius 2 is 1.94 bits per heavy atom. The molecule has 0 spiro atoms. The summed E-state index contributed by atoms with van der Waals surface area (Å²) in [7, 11) is 0. The summed E-state index contributed by atoms with van der Waals surface area (Å²) in [6, 6.07) is 8.87. The first-order valence-corrected chi connectivity index (χ1v) is 6.28. The first-order chi connectivity index (χ1) is 7.83. The molecule has 84 valence electrons. The lowest BCUT2D eigenvalue weighted by atomic mass is 9.93. The minimum atomic E-state index is 0.613. The molecule has 1 aliphatic carbocycles. The van der Waals surface area contributed by atoms with Crippen LogP contribution in [0.3, 0.4) is 0 Å². The molecule has 0 aliphatic heterocycles. The Morgan fingerprint density at radius 1 is 1.19 bits per heavy atom. The fourth-order valence-corrected chi connectivity index (χ4v) is 2.84. The van der Waals surface area contributed by atoms with Gasteiger partial charge in [-0.15, -0.1) is 0 Å². The van der Waals surface area contributed by atoms with Gasteiger partial charge in [-0.3, -0.25) is 0 Å². The second-order valence-electron chi connectivity index (χ2n) is 4.34. The van der Waals surface area contributed by atoms with Gasteiger partial charge in [0.1, 0.15) is 0 Å². The molecule has 0 radical (unpaired) electrons. The summed E-state index contributed by atoms with van der Waals surface area (Å²) in [5, 5.41) is 0. The topological polar surface area (TPSA) is 0 Å². The lowest BCUT2D eigenvalue weighted by Crippen LogP contribution is -1.94. The molecule has 0 heteroatoms. The van der Waals surface area contributed by atoms with Gasteiger partial charge in [-0.05, 0) is 42.0 Å². The van der Waals surface area contributed by atoms with Crippen molar-refractivity contribution in [1.82, 2.24) is 0 Å². The third kappa shape index (κ3) is 1.63. The molecule has 1 aromatic carbocycles. The Hall–Kier alpha value is -1.30. The highest BCUT2D eigenvalue weighted by molar-refractivity contribution is 5.80. The molecule has 0 amide bonds. The molecule has 16 heavy (non-hydrogen) atoms. The normalized spacial score (nSPS) is 19.6. The van der Waals surface area contributed by atoms with E-state index in [0.29, 0.717) is 5.92 Å². The number of hydrogen-bond acceptors (Lipinski definition) is 0. The van der Waals surface area contributed by atoms with E-state index < -0.39 is 0 Å². The van der Waals surface area contributed by atoms with Crippen LogP contribution >= 0.6 is 0 Å². The zero-order chi connectivity index (χ0) is 11.5. The minimum Gasteiger partial charge on any atom is -0.0874 e.